The maximum atomic E-state index is 12.9. The Morgan fingerprint density at radius 3 is 2.18 bits per heavy atom. The molecule has 0 amide bonds. The van der Waals surface area contributed by atoms with Crippen LogP contribution in [0, 0.1) is 0 Å². The van der Waals surface area contributed by atoms with Gasteiger partial charge in [0.2, 0.25) is 12.4 Å². The van der Waals surface area contributed by atoms with Crippen LogP contribution in [0.2, 0.25) is 0 Å². The van der Waals surface area contributed by atoms with Crippen molar-refractivity contribution in [3.63, 3.8) is 0 Å². The van der Waals surface area contributed by atoms with E-state index in [1.165, 1.54) is 29.8 Å². The lowest BCUT2D eigenvalue weighted by atomic mass is 9.98. The topological polar surface area (TPSA) is 158 Å². The first-order valence-corrected chi connectivity index (χ1v) is 12.0. The van der Waals surface area contributed by atoms with E-state index >= 15 is 0 Å². The third-order valence-electron chi connectivity index (χ3n) is 5.48. The summed E-state index contributed by atoms with van der Waals surface area (Å²) in [5.41, 5.74) is 0.406. The molecule has 0 radical (unpaired) electrons. The van der Waals surface area contributed by atoms with Crippen LogP contribution in [-0.4, -0.2) is 70.6 Å². The standard InChI is InChI=1S/C25H30N2O11/c1-6-8-17-11-26-23-18(9-7-10-27(23)24(17)32)37-25-22(36-16(5)31)21(35-15(4)30)20(34-14(3)29)19(38-25)12-33-13(2)28/h7,9-11,19-22,25H,6,8,12H2,1-5H3/t19?,20-,21?,22+,25-/m1/s1. The van der Waals surface area contributed by atoms with Crippen molar-refractivity contribution in [1.29, 1.82) is 0 Å². The fourth-order valence-electron chi connectivity index (χ4n) is 4.06. The minimum Gasteiger partial charge on any atom is -0.463 e. The molecule has 206 valence electrons. The summed E-state index contributed by atoms with van der Waals surface area (Å²) in [6.07, 6.45) is -2.46. The Hall–Kier alpha value is -4.00. The molecule has 3 heterocycles. The fraction of sp³-hybridized carbons (Fsp3) is 0.520. The van der Waals surface area contributed by atoms with Gasteiger partial charge in [0, 0.05) is 45.7 Å². The summed E-state index contributed by atoms with van der Waals surface area (Å²) in [6, 6.07) is 3.09. The first-order valence-electron chi connectivity index (χ1n) is 12.0. The van der Waals surface area contributed by atoms with E-state index in [-0.39, 0.29) is 17.0 Å². The van der Waals surface area contributed by atoms with Gasteiger partial charge in [0.05, 0.1) is 0 Å². The molecule has 2 unspecified atom stereocenters. The maximum absolute atomic E-state index is 12.9. The van der Waals surface area contributed by atoms with Crippen molar-refractivity contribution in [2.24, 2.45) is 0 Å². The molecule has 1 saturated heterocycles. The van der Waals surface area contributed by atoms with Crippen LogP contribution >= 0.6 is 0 Å². The highest BCUT2D eigenvalue weighted by molar-refractivity contribution is 5.68. The van der Waals surface area contributed by atoms with Gasteiger partial charge in [-0.1, -0.05) is 13.3 Å². The fourth-order valence-corrected chi connectivity index (χ4v) is 4.06. The zero-order valence-corrected chi connectivity index (χ0v) is 21.7. The predicted octanol–water partition coefficient (Wildman–Crippen LogP) is 1.11. The second-order valence-corrected chi connectivity index (χ2v) is 8.59. The highest BCUT2D eigenvalue weighted by Crippen LogP contribution is 2.31. The Morgan fingerprint density at radius 1 is 0.947 bits per heavy atom. The van der Waals surface area contributed by atoms with Gasteiger partial charge in [-0.15, -0.1) is 0 Å². The molecule has 38 heavy (non-hydrogen) atoms. The molecule has 0 aliphatic carbocycles. The van der Waals surface area contributed by atoms with Gasteiger partial charge >= 0.3 is 23.9 Å². The van der Waals surface area contributed by atoms with Gasteiger partial charge in [-0.3, -0.25) is 28.4 Å². The monoisotopic (exact) mass is 534 g/mol. The average Bonchev–Trinajstić information content (AvgIpc) is 2.83. The molecule has 0 bridgehead atoms. The van der Waals surface area contributed by atoms with Crippen molar-refractivity contribution in [2.75, 3.05) is 6.61 Å². The zero-order valence-electron chi connectivity index (χ0n) is 21.7. The van der Waals surface area contributed by atoms with Crippen molar-refractivity contribution in [3.8, 4) is 5.75 Å². The quantitative estimate of drug-likeness (QED) is 0.334. The molecular weight excluding hydrogens is 504 g/mol. The molecule has 0 spiro atoms. The lowest BCUT2D eigenvalue weighted by molar-refractivity contribution is -0.288. The Bertz CT molecular complexity index is 1260. The van der Waals surface area contributed by atoms with E-state index in [1.54, 1.807) is 6.07 Å². The van der Waals surface area contributed by atoms with E-state index in [4.69, 9.17) is 28.4 Å². The van der Waals surface area contributed by atoms with E-state index in [0.717, 1.165) is 27.2 Å². The summed E-state index contributed by atoms with van der Waals surface area (Å²) >= 11 is 0. The summed E-state index contributed by atoms with van der Waals surface area (Å²) in [6.45, 7) is 6.10. The van der Waals surface area contributed by atoms with Gasteiger partial charge in [0.25, 0.3) is 5.56 Å². The second kappa shape index (κ2) is 12.5. The molecule has 0 saturated carbocycles. The molecule has 0 N–H and O–H groups in total. The van der Waals surface area contributed by atoms with E-state index in [0.29, 0.717) is 12.0 Å². The maximum Gasteiger partial charge on any atom is 0.303 e. The Morgan fingerprint density at radius 2 is 1.58 bits per heavy atom. The molecule has 13 nitrogen and oxygen atoms in total. The highest BCUT2D eigenvalue weighted by Gasteiger charge is 2.53. The van der Waals surface area contributed by atoms with Crippen LogP contribution in [0.1, 0.15) is 46.6 Å². The lowest BCUT2D eigenvalue weighted by Crippen LogP contribution is -2.63. The molecular formula is C25H30N2O11. The van der Waals surface area contributed by atoms with Crippen LogP contribution in [0.25, 0.3) is 5.65 Å². The van der Waals surface area contributed by atoms with Gasteiger partial charge < -0.3 is 28.4 Å². The number of fused-ring (bicyclic) bond motifs is 1. The Kier molecular flexibility index (Phi) is 9.40. The molecule has 3 rings (SSSR count). The minimum absolute atomic E-state index is 0.0912. The largest absolute Gasteiger partial charge is 0.463 e. The van der Waals surface area contributed by atoms with Gasteiger partial charge in [-0.2, -0.15) is 0 Å². The number of pyridine rings is 1. The summed E-state index contributed by atoms with van der Waals surface area (Å²) < 4.78 is 34.5. The molecule has 1 aliphatic rings. The van der Waals surface area contributed by atoms with Crippen molar-refractivity contribution in [2.45, 2.75) is 78.2 Å². The number of aromatic nitrogens is 2. The number of nitrogens with zero attached hydrogens (tertiary/aromatic N) is 2. The number of hydrogen-bond acceptors (Lipinski definition) is 12. The summed E-state index contributed by atoms with van der Waals surface area (Å²) in [4.78, 5) is 64.6. The number of ether oxygens (including phenoxy) is 6. The molecule has 0 aromatic carbocycles. The first-order chi connectivity index (χ1) is 18.0. The summed E-state index contributed by atoms with van der Waals surface area (Å²) in [5.74, 6) is -2.82. The van der Waals surface area contributed by atoms with Crippen LogP contribution in [0.15, 0.2) is 29.3 Å². The van der Waals surface area contributed by atoms with E-state index in [9.17, 15) is 24.0 Å². The second-order valence-electron chi connectivity index (χ2n) is 8.59. The smallest absolute Gasteiger partial charge is 0.303 e. The number of rotatable bonds is 9. The molecule has 1 aliphatic heterocycles. The number of esters is 4. The van der Waals surface area contributed by atoms with Crippen LogP contribution < -0.4 is 10.3 Å². The SMILES string of the molecule is CCCc1cnc2c(O[C@@H]3OC(COC(C)=O)[C@@H](OC(C)=O)C(OC(C)=O)[C@@H]3OC(C)=O)cccn2c1=O. The molecule has 1 fully saturated rings. The van der Waals surface area contributed by atoms with Crippen molar-refractivity contribution in [1.82, 2.24) is 9.38 Å². The predicted molar refractivity (Wildman–Crippen MR) is 128 cm³/mol. The van der Waals surface area contributed by atoms with Gasteiger partial charge in [-0.25, -0.2) is 4.98 Å². The van der Waals surface area contributed by atoms with Crippen LogP contribution in [0.5, 0.6) is 5.75 Å². The van der Waals surface area contributed by atoms with E-state index in [2.05, 4.69) is 4.98 Å². The van der Waals surface area contributed by atoms with E-state index in [1.807, 2.05) is 6.92 Å². The van der Waals surface area contributed by atoms with Crippen LogP contribution in [0.4, 0.5) is 0 Å². The number of hydrogen-bond donors (Lipinski definition) is 0. The third kappa shape index (κ3) is 6.85. The van der Waals surface area contributed by atoms with Gasteiger partial charge in [0.15, 0.2) is 23.6 Å². The average molecular weight is 535 g/mol. The van der Waals surface area contributed by atoms with E-state index < -0.39 is 61.2 Å². The molecule has 13 heteroatoms. The van der Waals surface area contributed by atoms with Gasteiger partial charge in [0.1, 0.15) is 12.7 Å². The minimum atomic E-state index is -1.45. The number of carbonyl (C=O) groups excluding carboxylic acids is 4. The molecule has 2 aromatic heterocycles. The lowest BCUT2D eigenvalue weighted by Gasteiger charge is -2.43. The Balaban J connectivity index is 2.07. The van der Waals surface area contributed by atoms with Crippen molar-refractivity contribution in [3.05, 3.63) is 40.4 Å². The zero-order chi connectivity index (χ0) is 28.0. The van der Waals surface area contributed by atoms with Crippen LogP contribution in [-0.2, 0) is 49.3 Å². The van der Waals surface area contributed by atoms with Crippen LogP contribution in [0.3, 0.4) is 0 Å². The number of aryl methyl sites for hydroxylation is 1. The van der Waals surface area contributed by atoms with Gasteiger partial charge in [-0.05, 0) is 18.6 Å². The van der Waals surface area contributed by atoms with Crippen molar-refractivity contribution >= 4 is 29.5 Å². The van der Waals surface area contributed by atoms with Crippen molar-refractivity contribution < 1.29 is 47.6 Å². The Labute approximate surface area is 217 Å². The summed E-state index contributed by atoms with van der Waals surface area (Å²) in [7, 11) is 0. The molecule has 5 atom stereocenters. The normalized spacial score (nSPS) is 22.8. The summed E-state index contributed by atoms with van der Waals surface area (Å²) in [5, 5.41) is 0. The number of carbonyl (C=O) groups is 4. The third-order valence-corrected chi connectivity index (χ3v) is 5.48. The first kappa shape index (κ1) is 28.6. The highest BCUT2D eigenvalue weighted by atomic mass is 16.7. The molecule has 2 aromatic rings.